The van der Waals surface area contributed by atoms with Gasteiger partial charge in [-0.2, -0.15) is 0 Å². The zero-order valence-electron chi connectivity index (χ0n) is 12.3. The molecule has 0 spiro atoms. The van der Waals surface area contributed by atoms with Gasteiger partial charge in [0.2, 0.25) is 0 Å². The first-order valence-electron chi connectivity index (χ1n) is 6.35. The second-order valence-electron chi connectivity index (χ2n) is 5.25. The predicted molar refractivity (Wildman–Crippen MR) is 81.7 cm³/mol. The van der Waals surface area contributed by atoms with Crippen molar-refractivity contribution in [2.45, 2.75) is 18.6 Å². The lowest BCUT2D eigenvalue weighted by Gasteiger charge is -2.22. The Hall–Kier alpha value is -1.84. The second-order valence-corrected chi connectivity index (χ2v) is 7.90. The minimum Gasteiger partial charge on any atom is -0.384 e. The van der Waals surface area contributed by atoms with Crippen LogP contribution in [0.5, 0.6) is 0 Å². The van der Waals surface area contributed by atoms with Gasteiger partial charge in [-0.05, 0) is 38.1 Å². The number of aliphatic hydroxyl groups excluding tert-OH is 1. The first kappa shape index (κ1) is 17.2. The number of carbonyl (C=O) groups excluding carboxylic acids is 1. The van der Waals surface area contributed by atoms with Crippen molar-refractivity contribution in [3.8, 4) is 11.8 Å². The SMILES string of the molecule is CC(C)(CNC(=O)c1ccc(C#CCO)cc1)S(C)(=O)=O. The van der Waals surface area contributed by atoms with E-state index in [1.165, 1.54) is 0 Å². The van der Waals surface area contributed by atoms with Crippen molar-refractivity contribution in [1.82, 2.24) is 5.32 Å². The van der Waals surface area contributed by atoms with Crippen LogP contribution in [0.3, 0.4) is 0 Å². The Labute approximate surface area is 125 Å². The van der Waals surface area contributed by atoms with Gasteiger partial charge in [-0.1, -0.05) is 11.8 Å². The molecule has 6 heteroatoms. The average molecular weight is 309 g/mol. The molecule has 21 heavy (non-hydrogen) atoms. The van der Waals surface area contributed by atoms with E-state index in [0.717, 1.165) is 6.26 Å². The summed E-state index contributed by atoms with van der Waals surface area (Å²) in [5.74, 6) is 4.90. The smallest absolute Gasteiger partial charge is 0.251 e. The van der Waals surface area contributed by atoms with E-state index >= 15 is 0 Å². The minimum atomic E-state index is -3.25. The summed E-state index contributed by atoms with van der Waals surface area (Å²) in [4.78, 5) is 12.0. The maximum atomic E-state index is 12.0. The molecule has 0 aliphatic heterocycles. The molecule has 0 bridgehead atoms. The van der Waals surface area contributed by atoms with Crippen LogP contribution in [0.15, 0.2) is 24.3 Å². The largest absolute Gasteiger partial charge is 0.384 e. The maximum absolute atomic E-state index is 12.0. The molecule has 0 aromatic heterocycles. The third-order valence-corrected chi connectivity index (χ3v) is 5.29. The molecule has 1 aromatic rings. The lowest BCUT2D eigenvalue weighted by Crippen LogP contribution is -2.43. The fourth-order valence-electron chi connectivity index (χ4n) is 1.37. The highest BCUT2D eigenvalue weighted by Gasteiger charge is 2.30. The number of nitrogens with one attached hydrogen (secondary N) is 1. The Morgan fingerprint density at radius 1 is 1.29 bits per heavy atom. The van der Waals surface area contributed by atoms with Crippen molar-refractivity contribution in [3.63, 3.8) is 0 Å². The number of benzene rings is 1. The Balaban J connectivity index is 2.73. The molecular weight excluding hydrogens is 290 g/mol. The number of amides is 1. The van der Waals surface area contributed by atoms with Gasteiger partial charge in [0.25, 0.3) is 5.91 Å². The normalized spacial score (nSPS) is 11.4. The van der Waals surface area contributed by atoms with Crippen molar-refractivity contribution in [3.05, 3.63) is 35.4 Å². The molecule has 114 valence electrons. The fourth-order valence-corrected chi connectivity index (χ4v) is 1.71. The van der Waals surface area contributed by atoms with E-state index in [-0.39, 0.29) is 19.1 Å². The number of hydrogen-bond acceptors (Lipinski definition) is 4. The molecule has 1 aromatic carbocycles. The standard InChI is InChI=1S/C15H19NO4S/c1-15(2,21(3,19)20)11-16-14(18)13-8-6-12(7-9-13)5-4-10-17/h6-9,17H,10-11H2,1-3H3,(H,16,18). The molecule has 5 nitrogen and oxygen atoms in total. The molecule has 0 aliphatic carbocycles. The maximum Gasteiger partial charge on any atom is 0.251 e. The average Bonchev–Trinajstić information content (AvgIpc) is 2.42. The van der Waals surface area contributed by atoms with E-state index in [0.29, 0.717) is 11.1 Å². The molecule has 0 atom stereocenters. The van der Waals surface area contributed by atoms with E-state index in [9.17, 15) is 13.2 Å². The first-order valence-corrected chi connectivity index (χ1v) is 8.24. The van der Waals surface area contributed by atoms with Gasteiger partial charge < -0.3 is 10.4 Å². The van der Waals surface area contributed by atoms with Gasteiger partial charge in [0, 0.05) is 23.9 Å². The molecule has 0 fully saturated rings. The van der Waals surface area contributed by atoms with Gasteiger partial charge >= 0.3 is 0 Å². The Kier molecular flexibility index (Phi) is 5.53. The number of aliphatic hydroxyl groups is 1. The molecule has 1 amide bonds. The van der Waals surface area contributed by atoms with Gasteiger partial charge in [0.1, 0.15) is 6.61 Å². The van der Waals surface area contributed by atoms with Crippen LogP contribution in [-0.2, 0) is 9.84 Å². The summed E-state index contributed by atoms with van der Waals surface area (Å²) in [6.07, 6.45) is 1.15. The minimum absolute atomic E-state index is 0.0384. The van der Waals surface area contributed by atoms with Crippen molar-refractivity contribution in [1.29, 1.82) is 0 Å². The molecular formula is C15H19NO4S. The lowest BCUT2D eigenvalue weighted by atomic mass is 10.1. The zero-order valence-corrected chi connectivity index (χ0v) is 13.1. The third kappa shape index (κ3) is 4.88. The summed E-state index contributed by atoms with van der Waals surface area (Å²) in [6.45, 7) is 2.95. The highest BCUT2D eigenvalue weighted by molar-refractivity contribution is 7.92. The predicted octanol–water partition coefficient (Wildman–Crippen LogP) is 0.583. The summed E-state index contributed by atoms with van der Waals surface area (Å²) in [6, 6.07) is 6.53. The first-order chi connectivity index (χ1) is 9.67. The molecule has 0 heterocycles. The summed E-state index contributed by atoms with van der Waals surface area (Å²) < 4.78 is 22.1. The van der Waals surface area contributed by atoms with E-state index in [1.807, 2.05) is 0 Å². The number of carbonyl (C=O) groups is 1. The molecule has 0 unspecified atom stereocenters. The Bertz CT molecular complexity index is 664. The quantitative estimate of drug-likeness (QED) is 0.797. The highest BCUT2D eigenvalue weighted by Crippen LogP contribution is 2.13. The molecule has 0 saturated heterocycles. The van der Waals surface area contributed by atoms with Gasteiger partial charge in [-0.3, -0.25) is 4.79 Å². The molecule has 1 rings (SSSR count). The van der Waals surface area contributed by atoms with Crippen LogP contribution in [-0.4, -0.2) is 43.6 Å². The second kappa shape index (κ2) is 6.74. The monoisotopic (exact) mass is 309 g/mol. The third-order valence-electron chi connectivity index (χ3n) is 3.14. The van der Waals surface area contributed by atoms with E-state index in [1.54, 1.807) is 38.1 Å². The fraction of sp³-hybridized carbons (Fsp3) is 0.400. The van der Waals surface area contributed by atoms with Crippen molar-refractivity contribution < 1.29 is 18.3 Å². The van der Waals surface area contributed by atoms with Crippen molar-refractivity contribution in [2.24, 2.45) is 0 Å². The summed E-state index contributed by atoms with van der Waals surface area (Å²) in [5, 5.41) is 11.2. The summed E-state index contributed by atoms with van der Waals surface area (Å²) in [5.41, 5.74) is 1.12. The van der Waals surface area contributed by atoms with Crippen LogP contribution < -0.4 is 5.32 Å². The summed E-state index contributed by atoms with van der Waals surface area (Å²) >= 11 is 0. The zero-order chi connectivity index (χ0) is 16.1. The topological polar surface area (TPSA) is 83.5 Å². The number of hydrogen-bond donors (Lipinski definition) is 2. The van der Waals surface area contributed by atoms with Gasteiger partial charge in [-0.25, -0.2) is 8.42 Å². The lowest BCUT2D eigenvalue weighted by molar-refractivity contribution is 0.0950. The van der Waals surface area contributed by atoms with Crippen LogP contribution in [0.1, 0.15) is 29.8 Å². The van der Waals surface area contributed by atoms with E-state index in [2.05, 4.69) is 17.2 Å². The summed E-state index contributed by atoms with van der Waals surface area (Å²) in [7, 11) is -3.25. The van der Waals surface area contributed by atoms with Crippen molar-refractivity contribution >= 4 is 15.7 Å². The van der Waals surface area contributed by atoms with Crippen LogP contribution in [0, 0.1) is 11.8 Å². The Morgan fingerprint density at radius 3 is 2.33 bits per heavy atom. The van der Waals surface area contributed by atoms with Crippen LogP contribution in [0.4, 0.5) is 0 Å². The molecule has 0 radical (unpaired) electrons. The van der Waals surface area contributed by atoms with Crippen molar-refractivity contribution in [2.75, 3.05) is 19.4 Å². The highest BCUT2D eigenvalue weighted by atomic mass is 32.2. The van der Waals surface area contributed by atoms with Crippen LogP contribution in [0.25, 0.3) is 0 Å². The van der Waals surface area contributed by atoms with Gasteiger partial charge in [0.05, 0.1) is 4.75 Å². The molecule has 0 saturated carbocycles. The van der Waals surface area contributed by atoms with Crippen LogP contribution >= 0.6 is 0 Å². The number of rotatable bonds is 4. The molecule has 0 aliphatic rings. The van der Waals surface area contributed by atoms with E-state index < -0.39 is 14.6 Å². The Morgan fingerprint density at radius 2 is 1.86 bits per heavy atom. The van der Waals surface area contributed by atoms with E-state index in [4.69, 9.17) is 5.11 Å². The molecule has 2 N–H and O–H groups in total. The van der Waals surface area contributed by atoms with Gasteiger partial charge in [0.15, 0.2) is 9.84 Å². The number of sulfone groups is 1. The van der Waals surface area contributed by atoms with Gasteiger partial charge in [-0.15, -0.1) is 0 Å². The van der Waals surface area contributed by atoms with Crippen LogP contribution in [0.2, 0.25) is 0 Å².